The van der Waals surface area contributed by atoms with Gasteiger partial charge >= 0.3 is 0 Å². The summed E-state index contributed by atoms with van der Waals surface area (Å²) in [4.78, 5) is 27.6. The molecule has 1 aliphatic rings. The molecule has 1 amide bonds. The van der Waals surface area contributed by atoms with Gasteiger partial charge in [0.25, 0.3) is 5.91 Å². The first-order valence-electron chi connectivity index (χ1n) is 10.0. The van der Waals surface area contributed by atoms with Gasteiger partial charge in [-0.2, -0.15) is 4.98 Å². The minimum absolute atomic E-state index is 0.0920. The number of piperidine rings is 1. The number of pyridine rings is 1. The van der Waals surface area contributed by atoms with E-state index in [-0.39, 0.29) is 11.9 Å². The molecule has 3 aromatic rings. The molecule has 3 heterocycles. The van der Waals surface area contributed by atoms with Crippen molar-refractivity contribution in [2.45, 2.75) is 18.9 Å². The summed E-state index contributed by atoms with van der Waals surface area (Å²) in [5.74, 6) is 1.96. The van der Waals surface area contributed by atoms with E-state index in [1.165, 1.54) is 6.20 Å². The standard InChI is InChI=1S/C22H23ClN6O2/c1-31-18-5-3-2-4-17(18)27-20-8-11-24-22(28-20)29-12-9-16(10-13-29)26-21(30)15-6-7-19(23)25-14-15/h2-8,11,14,16H,9-10,12-13H2,1H3,(H,26,30)(H,24,27,28). The third-order valence-corrected chi connectivity index (χ3v) is 5.34. The fourth-order valence-electron chi connectivity index (χ4n) is 3.46. The lowest BCUT2D eigenvalue weighted by Gasteiger charge is -2.32. The monoisotopic (exact) mass is 438 g/mol. The molecule has 4 rings (SSSR count). The number of nitrogens with zero attached hydrogens (tertiary/aromatic N) is 4. The first kappa shape index (κ1) is 20.9. The van der Waals surface area contributed by atoms with Crippen LogP contribution in [0.2, 0.25) is 5.15 Å². The van der Waals surface area contributed by atoms with Gasteiger partial charge in [-0.15, -0.1) is 0 Å². The number of halogens is 1. The number of hydrogen-bond donors (Lipinski definition) is 2. The maximum absolute atomic E-state index is 12.4. The average molecular weight is 439 g/mol. The van der Waals surface area contributed by atoms with Crippen LogP contribution in [0.1, 0.15) is 23.2 Å². The van der Waals surface area contributed by atoms with Gasteiger partial charge in [0.1, 0.15) is 16.7 Å². The number of ether oxygens (including phenoxy) is 1. The number of methoxy groups -OCH3 is 1. The SMILES string of the molecule is COc1ccccc1Nc1ccnc(N2CCC(NC(=O)c3ccc(Cl)nc3)CC2)n1. The van der Waals surface area contributed by atoms with Crippen LogP contribution in [-0.2, 0) is 0 Å². The predicted molar refractivity (Wildman–Crippen MR) is 120 cm³/mol. The van der Waals surface area contributed by atoms with Crippen molar-refractivity contribution in [1.82, 2.24) is 20.3 Å². The molecule has 0 radical (unpaired) electrons. The van der Waals surface area contributed by atoms with E-state index in [4.69, 9.17) is 16.3 Å². The van der Waals surface area contributed by atoms with Crippen LogP contribution in [0.4, 0.5) is 17.5 Å². The number of carbonyl (C=O) groups is 1. The summed E-state index contributed by atoms with van der Waals surface area (Å²) < 4.78 is 5.38. The third kappa shape index (κ3) is 5.21. The van der Waals surface area contributed by atoms with E-state index < -0.39 is 0 Å². The topological polar surface area (TPSA) is 92.3 Å². The quantitative estimate of drug-likeness (QED) is 0.567. The fourth-order valence-corrected chi connectivity index (χ4v) is 3.57. The molecular weight excluding hydrogens is 416 g/mol. The highest BCUT2D eigenvalue weighted by molar-refractivity contribution is 6.29. The van der Waals surface area contributed by atoms with Crippen LogP contribution in [0.25, 0.3) is 0 Å². The van der Waals surface area contributed by atoms with Crippen LogP contribution >= 0.6 is 11.6 Å². The van der Waals surface area contributed by atoms with Gasteiger partial charge in [-0.3, -0.25) is 4.79 Å². The first-order chi connectivity index (χ1) is 15.1. The highest BCUT2D eigenvalue weighted by Gasteiger charge is 2.23. The molecule has 0 unspecified atom stereocenters. The Balaban J connectivity index is 1.35. The van der Waals surface area contributed by atoms with Gasteiger partial charge < -0.3 is 20.3 Å². The minimum atomic E-state index is -0.137. The van der Waals surface area contributed by atoms with Crippen molar-refractivity contribution in [3.63, 3.8) is 0 Å². The molecule has 0 spiro atoms. The highest BCUT2D eigenvalue weighted by atomic mass is 35.5. The van der Waals surface area contributed by atoms with E-state index in [2.05, 4.69) is 30.5 Å². The van der Waals surface area contributed by atoms with E-state index in [0.717, 1.165) is 37.4 Å². The molecule has 9 heteroatoms. The Morgan fingerprint density at radius 3 is 2.68 bits per heavy atom. The molecule has 0 aliphatic carbocycles. The zero-order valence-corrected chi connectivity index (χ0v) is 17.8. The molecule has 1 aromatic carbocycles. The molecule has 0 atom stereocenters. The van der Waals surface area contributed by atoms with E-state index >= 15 is 0 Å². The molecule has 8 nitrogen and oxygen atoms in total. The minimum Gasteiger partial charge on any atom is -0.495 e. The van der Waals surface area contributed by atoms with Gasteiger partial charge in [-0.25, -0.2) is 9.97 Å². The Hall–Kier alpha value is -3.39. The van der Waals surface area contributed by atoms with Crippen molar-refractivity contribution in [3.8, 4) is 5.75 Å². The molecule has 1 fully saturated rings. The lowest BCUT2D eigenvalue weighted by atomic mass is 10.0. The number of rotatable bonds is 6. The van der Waals surface area contributed by atoms with Gasteiger partial charge in [0.2, 0.25) is 5.95 Å². The number of anilines is 3. The highest BCUT2D eigenvalue weighted by Crippen LogP contribution is 2.27. The van der Waals surface area contributed by atoms with Crippen molar-refractivity contribution >= 4 is 35.0 Å². The Morgan fingerprint density at radius 2 is 1.94 bits per heavy atom. The van der Waals surface area contributed by atoms with E-state index in [1.807, 2.05) is 30.3 Å². The van der Waals surface area contributed by atoms with Crippen LogP contribution in [0, 0.1) is 0 Å². The Bertz CT molecular complexity index is 1040. The van der Waals surface area contributed by atoms with E-state index in [1.54, 1.807) is 25.4 Å². The average Bonchev–Trinajstić information content (AvgIpc) is 2.80. The summed E-state index contributed by atoms with van der Waals surface area (Å²) in [5.41, 5.74) is 1.35. The van der Waals surface area contributed by atoms with Crippen molar-refractivity contribution < 1.29 is 9.53 Å². The number of amides is 1. The number of hydrogen-bond acceptors (Lipinski definition) is 7. The summed E-state index contributed by atoms with van der Waals surface area (Å²) in [6.45, 7) is 1.50. The second-order valence-electron chi connectivity index (χ2n) is 7.17. The summed E-state index contributed by atoms with van der Waals surface area (Å²) in [6.07, 6.45) is 4.84. The molecule has 31 heavy (non-hydrogen) atoms. The van der Waals surface area contributed by atoms with Crippen molar-refractivity contribution in [2.24, 2.45) is 0 Å². The summed E-state index contributed by atoms with van der Waals surface area (Å²) >= 11 is 5.78. The van der Waals surface area contributed by atoms with E-state index in [9.17, 15) is 4.79 Å². The molecule has 1 aliphatic heterocycles. The smallest absolute Gasteiger partial charge is 0.253 e. The second-order valence-corrected chi connectivity index (χ2v) is 7.56. The molecule has 0 saturated carbocycles. The van der Waals surface area contributed by atoms with Gasteiger partial charge in [0, 0.05) is 31.5 Å². The second kappa shape index (κ2) is 9.61. The largest absolute Gasteiger partial charge is 0.495 e. The van der Waals surface area contributed by atoms with Crippen LogP contribution < -0.4 is 20.3 Å². The summed E-state index contributed by atoms with van der Waals surface area (Å²) in [6, 6.07) is 12.9. The molecule has 0 bridgehead atoms. The number of para-hydroxylation sites is 2. The molecule has 160 valence electrons. The predicted octanol–water partition coefficient (Wildman–Crippen LogP) is 3.68. The zero-order valence-electron chi connectivity index (χ0n) is 17.1. The zero-order chi connectivity index (χ0) is 21.6. The fraction of sp³-hybridized carbons (Fsp3) is 0.273. The van der Waals surface area contributed by atoms with Crippen molar-refractivity contribution in [3.05, 3.63) is 65.6 Å². The molecule has 1 saturated heterocycles. The van der Waals surface area contributed by atoms with Gasteiger partial charge in [-0.1, -0.05) is 23.7 Å². The summed E-state index contributed by atoms with van der Waals surface area (Å²) in [5, 5.41) is 6.72. The molecule has 2 N–H and O–H groups in total. The first-order valence-corrected chi connectivity index (χ1v) is 10.4. The number of nitrogens with one attached hydrogen (secondary N) is 2. The number of aromatic nitrogens is 3. The van der Waals surface area contributed by atoms with Crippen molar-refractivity contribution in [2.75, 3.05) is 30.4 Å². The van der Waals surface area contributed by atoms with Crippen LogP contribution in [0.5, 0.6) is 5.75 Å². The lowest BCUT2D eigenvalue weighted by Crippen LogP contribution is -2.45. The van der Waals surface area contributed by atoms with E-state index in [0.29, 0.717) is 22.5 Å². The van der Waals surface area contributed by atoms with Crippen LogP contribution in [0.15, 0.2) is 54.9 Å². The Labute approximate surface area is 185 Å². The van der Waals surface area contributed by atoms with Crippen molar-refractivity contribution in [1.29, 1.82) is 0 Å². The number of carbonyl (C=O) groups excluding carboxylic acids is 1. The van der Waals surface area contributed by atoms with Gasteiger partial charge in [0.15, 0.2) is 0 Å². The van der Waals surface area contributed by atoms with Crippen LogP contribution in [0.3, 0.4) is 0 Å². The normalized spacial score (nSPS) is 14.2. The lowest BCUT2D eigenvalue weighted by molar-refractivity contribution is 0.0930. The Morgan fingerprint density at radius 1 is 1.13 bits per heavy atom. The maximum Gasteiger partial charge on any atom is 0.253 e. The third-order valence-electron chi connectivity index (χ3n) is 5.12. The van der Waals surface area contributed by atoms with Gasteiger partial charge in [0.05, 0.1) is 18.4 Å². The Kier molecular flexibility index (Phi) is 6.47. The summed E-state index contributed by atoms with van der Waals surface area (Å²) in [7, 11) is 1.64. The molecular formula is C22H23ClN6O2. The maximum atomic E-state index is 12.4. The van der Waals surface area contributed by atoms with Gasteiger partial charge in [-0.05, 0) is 43.2 Å². The van der Waals surface area contributed by atoms with Crippen LogP contribution in [-0.4, -0.2) is 47.1 Å². The molecule has 2 aromatic heterocycles. The number of benzene rings is 1.